The van der Waals surface area contributed by atoms with Gasteiger partial charge in [0.05, 0.1) is 20.0 Å². The van der Waals surface area contributed by atoms with Gasteiger partial charge < -0.3 is 19.6 Å². The van der Waals surface area contributed by atoms with Crippen LogP contribution < -0.4 is 10.1 Å². The molecular weight excluding hydrogens is 318 g/mol. The Balaban J connectivity index is 1.88. The molecule has 1 heterocycles. The highest BCUT2D eigenvalue weighted by Gasteiger charge is 2.18. The molecule has 25 heavy (non-hydrogen) atoms. The first-order chi connectivity index (χ1) is 12.2. The van der Waals surface area contributed by atoms with Crippen molar-refractivity contribution >= 4 is 5.91 Å². The fourth-order valence-electron chi connectivity index (χ4n) is 2.63. The lowest BCUT2D eigenvalue weighted by Gasteiger charge is -2.15. The van der Waals surface area contributed by atoms with Gasteiger partial charge in [-0.15, -0.1) is 0 Å². The fraction of sp³-hybridized carbons (Fsp3) is 0.150. The molecule has 1 atom stereocenters. The van der Waals surface area contributed by atoms with Crippen LogP contribution in [0.15, 0.2) is 71.3 Å². The molecule has 0 saturated heterocycles. The lowest BCUT2D eigenvalue weighted by Crippen LogP contribution is -2.30. The molecule has 3 aromatic rings. The second kappa shape index (κ2) is 7.68. The van der Waals surface area contributed by atoms with Crippen LogP contribution in [-0.2, 0) is 0 Å². The van der Waals surface area contributed by atoms with Crippen LogP contribution in [0.4, 0.5) is 0 Å². The molecule has 2 N–H and O–H groups in total. The molecule has 1 aromatic heterocycles. The normalized spacial score (nSPS) is 11.8. The number of methoxy groups -OCH3 is 1. The van der Waals surface area contributed by atoms with E-state index in [-0.39, 0.29) is 12.5 Å². The van der Waals surface area contributed by atoms with Gasteiger partial charge in [0.1, 0.15) is 17.6 Å². The van der Waals surface area contributed by atoms with E-state index in [1.54, 1.807) is 37.4 Å². The Labute approximate surface area is 145 Å². The zero-order valence-corrected chi connectivity index (χ0v) is 13.8. The second-order valence-corrected chi connectivity index (χ2v) is 5.51. The average Bonchev–Trinajstić information content (AvgIpc) is 3.20. The van der Waals surface area contributed by atoms with Crippen LogP contribution in [0, 0.1) is 0 Å². The molecule has 0 aliphatic heterocycles. The first kappa shape index (κ1) is 16.8. The third-order valence-electron chi connectivity index (χ3n) is 3.92. The van der Waals surface area contributed by atoms with Gasteiger partial charge in [0.2, 0.25) is 0 Å². The molecular formula is C20H19NO4. The first-order valence-corrected chi connectivity index (χ1v) is 7.91. The summed E-state index contributed by atoms with van der Waals surface area (Å²) in [5, 5.41) is 12.3. The van der Waals surface area contributed by atoms with Crippen molar-refractivity contribution in [3.05, 3.63) is 78.3 Å². The number of hydrogen-bond donors (Lipinski definition) is 2. The molecule has 0 bridgehead atoms. The van der Waals surface area contributed by atoms with Gasteiger partial charge in [0.15, 0.2) is 0 Å². The van der Waals surface area contributed by atoms with Gasteiger partial charge in [-0.05, 0) is 35.9 Å². The summed E-state index contributed by atoms with van der Waals surface area (Å²) in [5.41, 5.74) is 2.26. The molecule has 0 fully saturated rings. The highest BCUT2D eigenvalue weighted by Crippen LogP contribution is 2.31. The second-order valence-electron chi connectivity index (χ2n) is 5.51. The molecule has 0 aliphatic rings. The van der Waals surface area contributed by atoms with Crippen molar-refractivity contribution in [2.45, 2.75) is 6.04 Å². The molecule has 0 aliphatic carbocycles. The molecule has 5 nitrogen and oxygen atoms in total. The molecule has 1 unspecified atom stereocenters. The third kappa shape index (κ3) is 3.72. The molecule has 2 aromatic carbocycles. The number of amides is 1. The Hall–Kier alpha value is -3.05. The molecule has 1 amide bonds. The average molecular weight is 337 g/mol. The van der Waals surface area contributed by atoms with Crippen LogP contribution in [0.1, 0.15) is 22.2 Å². The zero-order valence-electron chi connectivity index (χ0n) is 13.8. The smallest absolute Gasteiger partial charge is 0.251 e. The number of carbonyl (C=O) groups is 1. The lowest BCUT2D eigenvalue weighted by atomic mass is 10.0. The number of benzene rings is 2. The number of carbonyl (C=O) groups excluding carboxylic acids is 1. The monoisotopic (exact) mass is 337 g/mol. The Morgan fingerprint density at radius 1 is 1.16 bits per heavy atom. The lowest BCUT2D eigenvalue weighted by molar-refractivity contribution is 0.0907. The highest BCUT2D eigenvalue weighted by molar-refractivity contribution is 5.96. The quantitative estimate of drug-likeness (QED) is 0.723. The maximum atomic E-state index is 12.6. The Kier molecular flexibility index (Phi) is 5.16. The van der Waals surface area contributed by atoms with Crippen LogP contribution in [0.5, 0.6) is 5.75 Å². The van der Waals surface area contributed by atoms with E-state index in [4.69, 9.17) is 9.15 Å². The van der Waals surface area contributed by atoms with Gasteiger partial charge in [-0.2, -0.15) is 0 Å². The number of rotatable bonds is 6. The van der Waals surface area contributed by atoms with Crippen molar-refractivity contribution < 1.29 is 19.1 Å². The van der Waals surface area contributed by atoms with E-state index >= 15 is 0 Å². The molecule has 128 valence electrons. The summed E-state index contributed by atoms with van der Waals surface area (Å²) in [6, 6.07) is 17.8. The fourth-order valence-corrected chi connectivity index (χ4v) is 2.63. The maximum absolute atomic E-state index is 12.6. The number of furan rings is 1. The molecule has 5 heteroatoms. The summed E-state index contributed by atoms with van der Waals surface area (Å²) in [6.07, 6.45) is 1.50. The number of ether oxygens (including phenoxy) is 1. The van der Waals surface area contributed by atoms with Gasteiger partial charge in [0.25, 0.3) is 5.91 Å². The summed E-state index contributed by atoms with van der Waals surface area (Å²) in [6.45, 7) is -0.249. The SMILES string of the molecule is COc1ccc(C(=O)NC(CO)c2ccco2)cc1-c1ccccc1. The van der Waals surface area contributed by atoms with Crippen LogP contribution in [0.25, 0.3) is 11.1 Å². The zero-order chi connectivity index (χ0) is 17.6. The minimum Gasteiger partial charge on any atom is -0.496 e. The van der Waals surface area contributed by atoms with Gasteiger partial charge in [-0.1, -0.05) is 30.3 Å². The van der Waals surface area contributed by atoms with E-state index in [9.17, 15) is 9.90 Å². The number of aliphatic hydroxyl groups excluding tert-OH is 1. The minimum atomic E-state index is -0.593. The van der Waals surface area contributed by atoms with E-state index in [1.807, 2.05) is 30.3 Å². The van der Waals surface area contributed by atoms with Crippen molar-refractivity contribution in [3.8, 4) is 16.9 Å². The van der Waals surface area contributed by atoms with E-state index in [1.165, 1.54) is 6.26 Å². The summed E-state index contributed by atoms with van der Waals surface area (Å²) in [4.78, 5) is 12.6. The van der Waals surface area contributed by atoms with Crippen molar-refractivity contribution in [2.75, 3.05) is 13.7 Å². The van der Waals surface area contributed by atoms with E-state index in [0.29, 0.717) is 17.1 Å². The molecule has 0 spiro atoms. The van der Waals surface area contributed by atoms with Crippen molar-refractivity contribution in [3.63, 3.8) is 0 Å². The van der Waals surface area contributed by atoms with Gasteiger partial charge >= 0.3 is 0 Å². The number of hydrogen-bond acceptors (Lipinski definition) is 4. The largest absolute Gasteiger partial charge is 0.496 e. The number of aliphatic hydroxyl groups is 1. The van der Waals surface area contributed by atoms with Crippen LogP contribution in [0.3, 0.4) is 0 Å². The summed E-state index contributed by atoms with van der Waals surface area (Å²) < 4.78 is 10.7. The Bertz CT molecular complexity index is 828. The standard InChI is InChI=1S/C20H19NO4/c1-24-18-10-9-15(12-16(18)14-6-3-2-4-7-14)20(23)21-17(13-22)19-8-5-11-25-19/h2-12,17,22H,13H2,1H3,(H,21,23). The van der Waals surface area contributed by atoms with Crippen LogP contribution >= 0.6 is 0 Å². The van der Waals surface area contributed by atoms with Crippen LogP contribution in [0.2, 0.25) is 0 Å². The van der Waals surface area contributed by atoms with Gasteiger partial charge in [-0.25, -0.2) is 0 Å². The summed E-state index contributed by atoms with van der Waals surface area (Å²) >= 11 is 0. The van der Waals surface area contributed by atoms with Gasteiger partial charge in [0, 0.05) is 11.1 Å². The highest BCUT2D eigenvalue weighted by atomic mass is 16.5. The van der Waals surface area contributed by atoms with Crippen LogP contribution in [-0.4, -0.2) is 24.7 Å². The predicted octanol–water partition coefficient (Wildman–Crippen LogP) is 3.42. The third-order valence-corrected chi connectivity index (χ3v) is 3.92. The van der Waals surface area contributed by atoms with Crippen molar-refractivity contribution in [2.24, 2.45) is 0 Å². The van der Waals surface area contributed by atoms with Gasteiger partial charge in [-0.3, -0.25) is 4.79 Å². The summed E-state index contributed by atoms with van der Waals surface area (Å²) in [5.74, 6) is 0.899. The van der Waals surface area contributed by atoms with E-state index in [0.717, 1.165) is 11.1 Å². The van der Waals surface area contributed by atoms with E-state index in [2.05, 4.69) is 5.32 Å². The number of nitrogens with one attached hydrogen (secondary N) is 1. The molecule has 3 rings (SSSR count). The predicted molar refractivity (Wildman–Crippen MR) is 94.4 cm³/mol. The molecule has 0 radical (unpaired) electrons. The first-order valence-electron chi connectivity index (χ1n) is 7.91. The minimum absolute atomic E-state index is 0.249. The maximum Gasteiger partial charge on any atom is 0.251 e. The van der Waals surface area contributed by atoms with Crippen molar-refractivity contribution in [1.82, 2.24) is 5.32 Å². The molecule has 0 saturated carbocycles. The Morgan fingerprint density at radius 2 is 1.96 bits per heavy atom. The topological polar surface area (TPSA) is 71.7 Å². The Morgan fingerprint density at radius 3 is 2.60 bits per heavy atom. The van der Waals surface area contributed by atoms with E-state index < -0.39 is 6.04 Å². The summed E-state index contributed by atoms with van der Waals surface area (Å²) in [7, 11) is 1.60. The van der Waals surface area contributed by atoms with Crippen molar-refractivity contribution in [1.29, 1.82) is 0 Å².